The molecule has 0 aromatic rings. The minimum atomic E-state index is -3.46. The van der Waals surface area contributed by atoms with E-state index in [9.17, 15) is 18.0 Å². The summed E-state index contributed by atoms with van der Waals surface area (Å²) in [7, 11) is -0.538. The molecule has 9 heteroatoms. The molecule has 7 nitrogen and oxygen atoms in total. The van der Waals surface area contributed by atoms with Gasteiger partial charge in [0, 0.05) is 27.2 Å². The lowest BCUT2D eigenvalue weighted by atomic mass is 10.2. The smallest absolute Gasteiger partial charge is 0.273 e. The molecule has 1 atom stereocenters. The van der Waals surface area contributed by atoms with Gasteiger partial charge in [0.05, 0.1) is 11.8 Å². The third kappa shape index (κ3) is 2.27. The molecule has 2 saturated heterocycles. The summed E-state index contributed by atoms with van der Waals surface area (Å²) in [5, 5.41) is -0.269. The van der Waals surface area contributed by atoms with Crippen molar-refractivity contribution in [2.24, 2.45) is 0 Å². The van der Waals surface area contributed by atoms with Gasteiger partial charge in [-0.1, -0.05) is 11.8 Å². The van der Waals surface area contributed by atoms with E-state index >= 15 is 0 Å². The van der Waals surface area contributed by atoms with Crippen molar-refractivity contribution in [2.45, 2.75) is 12.5 Å². The highest BCUT2D eigenvalue weighted by molar-refractivity contribution is 8.14. The number of carbonyl (C=O) groups excluding carboxylic acids is 2. The molecular formula is C9H15N3O4S2. The quantitative estimate of drug-likeness (QED) is 0.705. The van der Waals surface area contributed by atoms with Crippen LogP contribution in [0.2, 0.25) is 0 Å². The molecule has 0 spiro atoms. The van der Waals surface area contributed by atoms with Crippen LogP contribution in [0.4, 0.5) is 4.79 Å². The van der Waals surface area contributed by atoms with Gasteiger partial charge in [-0.25, -0.2) is 0 Å². The minimum absolute atomic E-state index is 0.162. The average molecular weight is 293 g/mol. The van der Waals surface area contributed by atoms with Crippen LogP contribution in [0.1, 0.15) is 6.42 Å². The first-order valence-corrected chi connectivity index (χ1v) is 7.88. The molecule has 0 aromatic heterocycles. The Labute approximate surface area is 110 Å². The van der Waals surface area contributed by atoms with Crippen molar-refractivity contribution in [3.63, 3.8) is 0 Å². The molecule has 2 aliphatic rings. The predicted octanol–water partition coefficient (Wildman–Crippen LogP) is -0.437. The van der Waals surface area contributed by atoms with Gasteiger partial charge >= 0.3 is 0 Å². The number of hydrogen-bond donors (Lipinski definition) is 0. The van der Waals surface area contributed by atoms with E-state index in [2.05, 4.69) is 0 Å². The molecule has 2 rings (SSSR count). The zero-order chi connectivity index (χ0) is 13.5. The molecule has 1 unspecified atom stereocenters. The molecule has 18 heavy (non-hydrogen) atoms. The molecule has 0 aromatic carbocycles. The van der Waals surface area contributed by atoms with Crippen molar-refractivity contribution in [3.05, 3.63) is 0 Å². The Balaban J connectivity index is 2.10. The standard InChI is InChI=1S/C9H15N3O4S2/c1-10(2)18(15,16)11-4-3-7(5-11)12-8(13)6-17-9(12)14/h7H,3-6H2,1-2H3. The maximum Gasteiger partial charge on any atom is 0.289 e. The molecule has 2 heterocycles. The molecule has 0 saturated carbocycles. The van der Waals surface area contributed by atoms with Gasteiger partial charge in [0.2, 0.25) is 5.91 Å². The Bertz CT molecular complexity index is 460. The van der Waals surface area contributed by atoms with Gasteiger partial charge in [0.25, 0.3) is 15.4 Å². The van der Waals surface area contributed by atoms with E-state index in [0.29, 0.717) is 13.0 Å². The molecule has 0 bridgehead atoms. The Kier molecular flexibility index (Phi) is 3.67. The van der Waals surface area contributed by atoms with Crippen LogP contribution >= 0.6 is 11.8 Å². The number of imide groups is 1. The summed E-state index contributed by atoms with van der Waals surface area (Å²) in [6.45, 7) is 0.533. The Morgan fingerprint density at radius 2 is 2.00 bits per heavy atom. The maximum absolute atomic E-state index is 11.9. The molecule has 2 fully saturated rings. The minimum Gasteiger partial charge on any atom is -0.273 e. The number of carbonyl (C=O) groups is 2. The first-order valence-electron chi connectivity index (χ1n) is 5.50. The van der Waals surface area contributed by atoms with E-state index in [1.54, 1.807) is 0 Å². The molecule has 0 radical (unpaired) electrons. The summed E-state index contributed by atoms with van der Waals surface area (Å²) in [5.41, 5.74) is 0. The summed E-state index contributed by atoms with van der Waals surface area (Å²) >= 11 is 0.974. The zero-order valence-electron chi connectivity index (χ0n) is 10.2. The van der Waals surface area contributed by atoms with Crippen molar-refractivity contribution in [3.8, 4) is 0 Å². The Morgan fingerprint density at radius 1 is 1.33 bits per heavy atom. The van der Waals surface area contributed by atoms with Crippen LogP contribution in [0.3, 0.4) is 0 Å². The summed E-state index contributed by atoms with van der Waals surface area (Å²) in [6.07, 6.45) is 0.505. The van der Waals surface area contributed by atoms with E-state index < -0.39 is 10.2 Å². The Morgan fingerprint density at radius 3 is 2.50 bits per heavy atom. The SMILES string of the molecule is CN(C)S(=O)(=O)N1CCC(N2C(=O)CSC2=O)C1. The van der Waals surface area contributed by atoms with Gasteiger partial charge in [0.15, 0.2) is 0 Å². The fourth-order valence-corrected chi connectivity index (χ4v) is 4.01. The van der Waals surface area contributed by atoms with Crippen LogP contribution < -0.4 is 0 Å². The third-order valence-corrected chi connectivity index (χ3v) is 5.81. The maximum atomic E-state index is 11.9. The lowest BCUT2D eigenvalue weighted by Gasteiger charge is -2.23. The van der Waals surface area contributed by atoms with Crippen LogP contribution in [-0.2, 0) is 15.0 Å². The van der Waals surface area contributed by atoms with E-state index in [0.717, 1.165) is 16.1 Å². The van der Waals surface area contributed by atoms with Crippen LogP contribution in [-0.4, -0.2) is 72.1 Å². The number of nitrogens with zero attached hydrogens (tertiary/aromatic N) is 3. The predicted molar refractivity (Wildman–Crippen MR) is 67.3 cm³/mol. The molecule has 0 aliphatic carbocycles. The van der Waals surface area contributed by atoms with Gasteiger partial charge in [-0.3, -0.25) is 14.5 Å². The van der Waals surface area contributed by atoms with Crippen molar-refractivity contribution < 1.29 is 18.0 Å². The van der Waals surface area contributed by atoms with Crippen molar-refractivity contribution in [2.75, 3.05) is 32.9 Å². The fourth-order valence-electron chi connectivity index (χ4n) is 2.08. The third-order valence-electron chi connectivity index (χ3n) is 3.06. The highest BCUT2D eigenvalue weighted by atomic mass is 32.2. The number of rotatable bonds is 3. The molecule has 2 aliphatic heterocycles. The van der Waals surface area contributed by atoms with Crippen molar-refractivity contribution in [1.29, 1.82) is 0 Å². The fraction of sp³-hybridized carbons (Fsp3) is 0.778. The summed E-state index contributed by atoms with van der Waals surface area (Å²) < 4.78 is 26.3. The van der Waals surface area contributed by atoms with Gasteiger partial charge in [-0.2, -0.15) is 17.0 Å². The Hall–Kier alpha value is -0.640. The van der Waals surface area contributed by atoms with E-state index in [4.69, 9.17) is 0 Å². The molecule has 2 amide bonds. The van der Waals surface area contributed by atoms with Gasteiger partial charge in [-0.05, 0) is 6.42 Å². The van der Waals surface area contributed by atoms with Crippen molar-refractivity contribution >= 4 is 33.1 Å². The summed E-state index contributed by atoms with van der Waals surface area (Å²) in [4.78, 5) is 24.3. The topological polar surface area (TPSA) is 78.0 Å². The highest BCUT2D eigenvalue weighted by Crippen LogP contribution is 2.27. The van der Waals surface area contributed by atoms with Gasteiger partial charge < -0.3 is 0 Å². The van der Waals surface area contributed by atoms with Crippen LogP contribution in [0.5, 0.6) is 0 Å². The first kappa shape index (κ1) is 13.8. The van der Waals surface area contributed by atoms with Crippen LogP contribution in [0.25, 0.3) is 0 Å². The second kappa shape index (κ2) is 4.80. The number of thioether (sulfide) groups is 1. The second-order valence-corrected chi connectivity index (χ2v) is 7.48. The molecule has 0 N–H and O–H groups in total. The van der Waals surface area contributed by atoms with E-state index in [1.165, 1.54) is 23.3 Å². The number of hydrogen-bond acceptors (Lipinski definition) is 5. The first-order chi connectivity index (χ1) is 8.34. The second-order valence-electron chi connectivity index (χ2n) is 4.41. The summed E-state index contributed by atoms with van der Waals surface area (Å²) in [5.74, 6) is -0.0606. The van der Waals surface area contributed by atoms with E-state index in [1.807, 2.05) is 0 Å². The normalized spacial score (nSPS) is 26.6. The zero-order valence-corrected chi connectivity index (χ0v) is 11.8. The van der Waals surface area contributed by atoms with Crippen LogP contribution in [0, 0.1) is 0 Å². The molecule has 102 valence electrons. The monoisotopic (exact) mass is 293 g/mol. The summed E-state index contributed by atoms with van der Waals surface area (Å²) in [6, 6.07) is -0.324. The van der Waals surface area contributed by atoms with Gasteiger partial charge in [-0.15, -0.1) is 0 Å². The van der Waals surface area contributed by atoms with Gasteiger partial charge in [0.1, 0.15) is 0 Å². The van der Waals surface area contributed by atoms with E-state index in [-0.39, 0.29) is 29.5 Å². The lowest BCUT2D eigenvalue weighted by Crippen LogP contribution is -2.43. The lowest BCUT2D eigenvalue weighted by molar-refractivity contribution is -0.126. The molecular weight excluding hydrogens is 278 g/mol. The average Bonchev–Trinajstić information content (AvgIpc) is 2.86. The number of amides is 2. The van der Waals surface area contributed by atoms with Crippen molar-refractivity contribution in [1.82, 2.24) is 13.5 Å². The largest absolute Gasteiger partial charge is 0.289 e. The highest BCUT2D eigenvalue weighted by Gasteiger charge is 2.42. The van der Waals surface area contributed by atoms with Crippen LogP contribution in [0.15, 0.2) is 0 Å².